The summed E-state index contributed by atoms with van der Waals surface area (Å²) in [4.78, 5) is 2.46. The van der Waals surface area contributed by atoms with Gasteiger partial charge in [0, 0.05) is 25.7 Å². The molecule has 0 amide bonds. The van der Waals surface area contributed by atoms with Crippen LogP contribution >= 0.6 is 12.4 Å². The van der Waals surface area contributed by atoms with Gasteiger partial charge in [-0.3, -0.25) is 4.90 Å². The Balaban J connectivity index is 0.00000108. The third-order valence-electron chi connectivity index (χ3n) is 3.74. The van der Waals surface area contributed by atoms with E-state index in [-0.39, 0.29) is 12.4 Å². The Morgan fingerprint density at radius 1 is 1.12 bits per heavy atom. The molecule has 1 heterocycles. The van der Waals surface area contributed by atoms with E-state index in [1.54, 1.807) is 0 Å². The monoisotopic (exact) mass is 252 g/mol. The molecule has 1 aromatic carbocycles. The van der Waals surface area contributed by atoms with Crippen molar-refractivity contribution >= 4 is 12.4 Å². The minimum atomic E-state index is 0. The van der Waals surface area contributed by atoms with Crippen LogP contribution in [0.2, 0.25) is 0 Å². The average molecular weight is 253 g/mol. The Bertz CT molecular complexity index is 359. The van der Waals surface area contributed by atoms with E-state index < -0.39 is 0 Å². The predicted octanol–water partition coefficient (Wildman–Crippen LogP) is 2.52. The van der Waals surface area contributed by atoms with Gasteiger partial charge in [-0.05, 0) is 36.3 Å². The molecule has 94 valence electrons. The molecule has 0 spiro atoms. The second-order valence-corrected chi connectivity index (χ2v) is 5.30. The van der Waals surface area contributed by atoms with Crippen LogP contribution in [0.3, 0.4) is 0 Å². The van der Waals surface area contributed by atoms with Crippen molar-refractivity contribution in [2.75, 3.05) is 13.1 Å². The fourth-order valence-corrected chi connectivity index (χ4v) is 2.58. The third-order valence-corrected chi connectivity index (χ3v) is 3.74. The minimum absolute atomic E-state index is 0. The fourth-order valence-electron chi connectivity index (χ4n) is 2.58. The summed E-state index contributed by atoms with van der Waals surface area (Å²) in [5, 5.41) is 0. The van der Waals surface area contributed by atoms with E-state index in [0.29, 0.717) is 6.04 Å². The molecule has 1 unspecified atom stereocenters. The van der Waals surface area contributed by atoms with E-state index in [1.807, 2.05) is 0 Å². The molecule has 2 N–H and O–H groups in total. The number of nitrogens with zero attached hydrogens (tertiary/aromatic N) is 1. The third kappa shape index (κ3) is 3.21. The lowest BCUT2D eigenvalue weighted by Gasteiger charge is -2.15. The normalized spacial score (nSPS) is 24.6. The van der Waals surface area contributed by atoms with E-state index in [1.165, 1.54) is 24.0 Å². The molecule has 0 bridgehead atoms. The van der Waals surface area contributed by atoms with Gasteiger partial charge in [-0.1, -0.05) is 24.3 Å². The number of hydrogen-bond acceptors (Lipinski definition) is 2. The standard InChI is InChI=1S/C14H20N2.ClH/c15-14-7-8-16(10-14)9-11-1-3-12(4-2-11)13-5-6-13;/h1-4,13-14H,5-10,15H2;1H. The van der Waals surface area contributed by atoms with Crippen LogP contribution in [0.1, 0.15) is 36.3 Å². The van der Waals surface area contributed by atoms with Gasteiger partial charge in [-0.15, -0.1) is 12.4 Å². The van der Waals surface area contributed by atoms with Gasteiger partial charge in [-0.25, -0.2) is 0 Å². The summed E-state index contributed by atoms with van der Waals surface area (Å²) in [6, 6.07) is 9.59. The topological polar surface area (TPSA) is 29.3 Å². The maximum absolute atomic E-state index is 5.91. The molecule has 3 heteroatoms. The largest absolute Gasteiger partial charge is 0.326 e. The van der Waals surface area contributed by atoms with Crippen LogP contribution in [-0.4, -0.2) is 24.0 Å². The van der Waals surface area contributed by atoms with Gasteiger partial charge in [0.2, 0.25) is 0 Å². The second kappa shape index (κ2) is 5.38. The summed E-state index contributed by atoms with van der Waals surface area (Å²) in [5.74, 6) is 0.870. The number of benzene rings is 1. The highest BCUT2D eigenvalue weighted by atomic mass is 35.5. The van der Waals surface area contributed by atoms with Crippen LogP contribution in [-0.2, 0) is 6.54 Å². The number of hydrogen-bond donors (Lipinski definition) is 1. The molecule has 1 saturated carbocycles. The summed E-state index contributed by atoms with van der Waals surface area (Å²) in [6.07, 6.45) is 3.93. The van der Waals surface area contributed by atoms with Crippen molar-refractivity contribution in [2.24, 2.45) is 5.73 Å². The van der Waals surface area contributed by atoms with Gasteiger partial charge >= 0.3 is 0 Å². The Labute approximate surface area is 110 Å². The van der Waals surface area contributed by atoms with E-state index in [2.05, 4.69) is 29.2 Å². The summed E-state index contributed by atoms with van der Waals surface area (Å²) < 4.78 is 0. The lowest BCUT2D eigenvalue weighted by molar-refractivity contribution is 0.327. The maximum atomic E-state index is 5.91. The van der Waals surface area contributed by atoms with Gasteiger partial charge < -0.3 is 5.73 Å². The van der Waals surface area contributed by atoms with Crippen molar-refractivity contribution in [3.05, 3.63) is 35.4 Å². The van der Waals surface area contributed by atoms with Gasteiger partial charge in [0.05, 0.1) is 0 Å². The Morgan fingerprint density at radius 2 is 1.82 bits per heavy atom. The molecule has 1 atom stereocenters. The lowest BCUT2D eigenvalue weighted by atomic mass is 10.1. The average Bonchev–Trinajstić information content (AvgIpc) is 3.05. The minimum Gasteiger partial charge on any atom is -0.326 e. The van der Waals surface area contributed by atoms with Gasteiger partial charge in [0.1, 0.15) is 0 Å². The zero-order valence-electron chi connectivity index (χ0n) is 10.1. The van der Waals surface area contributed by atoms with Crippen molar-refractivity contribution in [3.8, 4) is 0 Å². The van der Waals surface area contributed by atoms with Crippen LogP contribution < -0.4 is 5.73 Å². The fraction of sp³-hybridized carbons (Fsp3) is 0.571. The summed E-state index contributed by atoms with van der Waals surface area (Å²) in [7, 11) is 0. The van der Waals surface area contributed by atoms with E-state index >= 15 is 0 Å². The molecule has 2 fully saturated rings. The molecule has 1 saturated heterocycles. The highest BCUT2D eigenvalue weighted by Crippen LogP contribution is 2.39. The van der Waals surface area contributed by atoms with Crippen molar-refractivity contribution in [1.82, 2.24) is 4.90 Å². The van der Waals surface area contributed by atoms with Crippen LogP contribution in [0, 0.1) is 0 Å². The molecule has 1 aliphatic carbocycles. The highest BCUT2D eigenvalue weighted by molar-refractivity contribution is 5.85. The number of halogens is 1. The molecule has 0 radical (unpaired) electrons. The van der Waals surface area contributed by atoms with Gasteiger partial charge in [0.25, 0.3) is 0 Å². The summed E-state index contributed by atoms with van der Waals surface area (Å²) >= 11 is 0. The SMILES string of the molecule is Cl.NC1CCN(Cc2ccc(C3CC3)cc2)C1. The molecular weight excluding hydrogens is 232 g/mol. The van der Waals surface area contributed by atoms with Crippen LogP contribution in [0.5, 0.6) is 0 Å². The van der Waals surface area contributed by atoms with Crippen LogP contribution in [0.25, 0.3) is 0 Å². The zero-order valence-corrected chi connectivity index (χ0v) is 11.0. The maximum Gasteiger partial charge on any atom is 0.0234 e. The smallest absolute Gasteiger partial charge is 0.0234 e. The van der Waals surface area contributed by atoms with Crippen molar-refractivity contribution < 1.29 is 0 Å². The summed E-state index contributed by atoms with van der Waals surface area (Å²) in [6.45, 7) is 3.29. The molecular formula is C14H21ClN2. The zero-order chi connectivity index (χ0) is 11.0. The molecule has 0 aromatic heterocycles. The molecule has 2 aliphatic rings. The first-order valence-electron chi connectivity index (χ1n) is 6.38. The summed E-state index contributed by atoms with van der Waals surface area (Å²) in [5.41, 5.74) is 8.87. The van der Waals surface area contributed by atoms with Crippen LogP contribution in [0.4, 0.5) is 0 Å². The van der Waals surface area contributed by atoms with E-state index in [0.717, 1.165) is 32.0 Å². The van der Waals surface area contributed by atoms with Crippen molar-refractivity contribution in [1.29, 1.82) is 0 Å². The molecule has 3 rings (SSSR count). The first-order chi connectivity index (χ1) is 7.81. The Morgan fingerprint density at radius 3 is 2.35 bits per heavy atom. The Kier molecular flexibility index (Phi) is 4.08. The second-order valence-electron chi connectivity index (χ2n) is 5.30. The molecule has 2 nitrogen and oxygen atoms in total. The van der Waals surface area contributed by atoms with Gasteiger partial charge in [0.15, 0.2) is 0 Å². The highest BCUT2D eigenvalue weighted by Gasteiger charge is 2.23. The molecule has 1 aliphatic heterocycles. The first kappa shape index (κ1) is 12.9. The van der Waals surface area contributed by atoms with Gasteiger partial charge in [-0.2, -0.15) is 0 Å². The first-order valence-corrected chi connectivity index (χ1v) is 6.38. The molecule has 17 heavy (non-hydrogen) atoms. The number of nitrogens with two attached hydrogens (primary N) is 1. The van der Waals surface area contributed by atoms with E-state index in [9.17, 15) is 0 Å². The Hall–Kier alpha value is -0.570. The lowest BCUT2D eigenvalue weighted by Crippen LogP contribution is -2.26. The van der Waals surface area contributed by atoms with Crippen LogP contribution in [0.15, 0.2) is 24.3 Å². The molecule has 1 aromatic rings. The van der Waals surface area contributed by atoms with Crippen molar-refractivity contribution in [2.45, 2.75) is 37.8 Å². The van der Waals surface area contributed by atoms with Crippen molar-refractivity contribution in [3.63, 3.8) is 0 Å². The quantitative estimate of drug-likeness (QED) is 0.896. The number of likely N-dealkylation sites (tertiary alicyclic amines) is 1. The van der Waals surface area contributed by atoms with E-state index in [4.69, 9.17) is 5.73 Å². The predicted molar refractivity (Wildman–Crippen MR) is 73.5 cm³/mol. The number of rotatable bonds is 3.